The van der Waals surface area contributed by atoms with Gasteiger partial charge in [-0.15, -0.1) is 0 Å². The molecular weight excluding hydrogens is 393 g/mol. The van der Waals surface area contributed by atoms with Crippen molar-refractivity contribution < 1.29 is 22.4 Å². The van der Waals surface area contributed by atoms with E-state index in [1.807, 2.05) is 6.92 Å². The Morgan fingerprint density at radius 1 is 1.00 bits per heavy atom. The summed E-state index contributed by atoms with van der Waals surface area (Å²) in [5.74, 6) is 0.546. The van der Waals surface area contributed by atoms with E-state index < -0.39 is 11.7 Å². The highest BCUT2D eigenvalue weighted by molar-refractivity contribution is 5.59. The average Bonchev–Trinajstić information content (AvgIpc) is 3.21. The van der Waals surface area contributed by atoms with Crippen molar-refractivity contribution in [2.75, 3.05) is 6.61 Å². The van der Waals surface area contributed by atoms with Gasteiger partial charge >= 0.3 is 6.18 Å². The molecule has 0 spiro atoms. The third-order valence-electron chi connectivity index (χ3n) is 5.15. The van der Waals surface area contributed by atoms with Gasteiger partial charge in [0, 0.05) is 11.5 Å². The van der Waals surface area contributed by atoms with Gasteiger partial charge in [-0.05, 0) is 31.0 Å². The fraction of sp³-hybridized carbons (Fsp3) is 0.652. The molecule has 2 rings (SSSR count). The summed E-state index contributed by atoms with van der Waals surface area (Å²) in [6.07, 6.45) is 4.76. The van der Waals surface area contributed by atoms with Crippen LogP contribution < -0.4 is 4.74 Å². The van der Waals surface area contributed by atoms with Crippen LogP contribution in [0.15, 0.2) is 22.7 Å². The minimum Gasteiger partial charge on any atom is -0.493 e. The van der Waals surface area contributed by atoms with Gasteiger partial charge in [0.25, 0.3) is 0 Å². The predicted molar refractivity (Wildman–Crippen MR) is 112 cm³/mol. The van der Waals surface area contributed by atoms with Crippen molar-refractivity contribution in [3.8, 4) is 17.1 Å². The number of ether oxygens (including phenoxy) is 1. The van der Waals surface area contributed by atoms with Gasteiger partial charge in [-0.1, -0.05) is 70.9 Å². The molecule has 0 fully saturated rings. The van der Waals surface area contributed by atoms with Gasteiger partial charge in [0.2, 0.25) is 11.7 Å². The summed E-state index contributed by atoms with van der Waals surface area (Å²) in [5.41, 5.74) is -0.539. The van der Waals surface area contributed by atoms with Crippen molar-refractivity contribution in [3.63, 3.8) is 0 Å². The minimum absolute atomic E-state index is 0.0771. The summed E-state index contributed by atoms with van der Waals surface area (Å²) >= 11 is 0. The lowest BCUT2D eigenvalue weighted by molar-refractivity contribution is -0.138. The van der Waals surface area contributed by atoms with Crippen LogP contribution in [0.3, 0.4) is 0 Å². The molecule has 30 heavy (non-hydrogen) atoms. The van der Waals surface area contributed by atoms with Gasteiger partial charge in [-0.3, -0.25) is 0 Å². The van der Waals surface area contributed by atoms with Crippen LogP contribution in [0.2, 0.25) is 0 Å². The van der Waals surface area contributed by atoms with Crippen molar-refractivity contribution in [1.29, 1.82) is 0 Å². The average molecular weight is 427 g/mol. The molecule has 1 aromatic carbocycles. The lowest BCUT2D eigenvalue weighted by Crippen LogP contribution is -2.10. The molecule has 1 atom stereocenters. The van der Waals surface area contributed by atoms with E-state index in [1.54, 1.807) is 6.07 Å². The zero-order chi connectivity index (χ0) is 22.0. The van der Waals surface area contributed by atoms with E-state index >= 15 is 0 Å². The first-order valence-corrected chi connectivity index (χ1v) is 11.0. The van der Waals surface area contributed by atoms with Crippen LogP contribution in [0.5, 0.6) is 5.75 Å². The van der Waals surface area contributed by atoms with Gasteiger partial charge < -0.3 is 9.26 Å². The molecule has 168 valence electrons. The lowest BCUT2D eigenvalue weighted by atomic mass is 10.0. The third kappa shape index (κ3) is 7.33. The Balaban J connectivity index is 2.06. The maximum absolute atomic E-state index is 13.6. The highest BCUT2D eigenvalue weighted by Gasteiger charge is 2.35. The zero-order valence-corrected chi connectivity index (χ0v) is 18.2. The number of benzene rings is 1. The molecule has 2 aromatic rings. The molecule has 0 aliphatic rings. The molecule has 7 heteroatoms. The molecule has 0 aliphatic heterocycles. The van der Waals surface area contributed by atoms with E-state index in [0.717, 1.165) is 57.4 Å². The second-order valence-electron chi connectivity index (χ2n) is 7.82. The Morgan fingerprint density at radius 2 is 1.70 bits per heavy atom. The van der Waals surface area contributed by atoms with Crippen LogP contribution in [-0.2, 0) is 6.18 Å². The monoisotopic (exact) mass is 426 g/mol. The lowest BCUT2D eigenvalue weighted by Gasteiger charge is -2.14. The fourth-order valence-electron chi connectivity index (χ4n) is 3.27. The van der Waals surface area contributed by atoms with Crippen LogP contribution >= 0.6 is 0 Å². The van der Waals surface area contributed by atoms with Gasteiger partial charge in [-0.2, -0.15) is 18.2 Å². The maximum Gasteiger partial charge on any atom is 0.419 e. The second kappa shape index (κ2) is 12.0. The van der Waals surface area contributed by atoms with Crippen LogP contribution in [0, 0.1) is 0 Å². The number of hydrogen-bond donors (Lipinski definition) is 0. The highest BCUT2D eigenvalue weighted by Crippen LogP contribution is 2.38. The SMILES string of the molecule is CCCCCCCCOc1ccc(-c2noc([C@@H](C)CCCC)n2)cc1C(F)(F)F. The first-order chi connectivity index (χ1) is 14.4. The number of aromatic nitrogens is 2. The zero-order valence-electron chi connectivity index (χ0n) is 18.2. The molecular formula is C23H33F3N2O2. The summed E-state index contributed by atoms with van der Waals surface area (Å²) in [6.45, 7) is 6.50. The van der Waals surface area contributed by atoms with Gasteiger partial charge in [0.15, 0.2) is 0 Å². The van der Waals surface area contributed by atoms with Crippen LogP contribution in [-0.4, -0.2) is 16.7 Å². The van der Waals surface area contributed by atoms with E-state index in [1.165, 1.54) is 12.5 Å². The Hall–Kier alpha value is -2.05. The maximum atomic E-state index is 13.6. The quantitative estimate of drug-likeness (QED) is 0.307. The van der Waals surface area contributed by atoms with Crippen molar-refractivity contribution in [2.45, 2.75) is 90.7 Å². The Bertz CT molecular complexity index is 759. The molecule has 0 saturated carbocycles. The summed E-state index contributed by atoms with van der Waals surface area (Å²) in [7, 11) is 0. The van der Waals surface area contributed by atoms with Crippen molar-refractivity contribution >= 4 is 0 Å². The van der Waals surface area contributed by atoms with Crippen molar-refractivity contribution in [2.24, 2.45) is 0 Å². The Labute approximate surface area is 177 Å². The molecule has 0 aliphatic carbocycles. The number of rotatable bonds is 13. The largest absolute Gasteiger partial charge is 0.493 e. The standard InChI is InChI=1S/C23H33F3N2O2/c1-4-6-8-9-10-11-15-29-20-14-13-18(16-19(20)23(24,25)26)21-27-22(30-28-21)17(3)12-7-5-2/h13-14,16-17H,4-12,15H2,1-3H3/t17-/m0/s1. The van der Waals surface area contributed by atoms with Crippen molar-refractivity contribution in [1.82, 2.24) is 10.1 Å². The van der Waals surface area contributed by atoms with Crippen LogP contribution in [0.4, 0.5) is 13.2 Å². The fourth-order valence-corrected chi connectivity index (χ4v) is 3.27. The Morgan fingerprint density at radius 3 is 2.40 bits per heavy atom. The van der Waals surface area contributed by atoms with Gasteiger partial charge in [-0.25, -0.2) is 0 Å². The van der Waals surface area contributed by atoms with E-state index in [-0.39, 0.29) is 29.7 Å². The summed E-state index contributed by atoms with van der Waals surface area (Å²) in [5, 5.41) is 3.89. The summed E-state index contributed by atoms with van der Waals surface area (Å²) in [4.78, 5) is 4.31. The molecule has 0 amide bonds. The third-order valence-corrected chi connectivity index (χ3v) is 5.15. The summed E-state index contributed by atoms with van der Waals surface area (Å²) in [6, 6.07) is 3.95. The van der Waals surface area contributed by atoms with E-state index in [4.69, 9.17) is 9.26 Å². The molecule has 0 N–H and O–H groups in total. The molecule has 4 nitrogen and oxygen atoms in total. The highest BCUT2D eigenvalue weighted by atomic mass is 19.4. The number of alkyl halides is 3. The first-order valence-electron chi connectivity index (χ1n) is 11.0. The topological polar surface area (TPSA) is 48.2 Å². The number of nitrogens with zero attached hydrogens (tertiary/aromatic N) is 2. The molecule has 0 saturated heterocycles. The number of hydrogen-bond acceptors (Lipinski definition) is 4. The smallest absolute Gasteiger partial charge is 0.419 e. The first kappa shape index (κ1) is 24.2. The molecule has 1 aromatic heterocycles. The van der Waals surface area contributed by atoms with E-state index in [0.29, 0.717) is 5.89 Å². The minimum atomic E-state index is -4.52. The van der Waals surface area contributed by atoms with Crippen molar-refractivity contribution in [3.05, 3.63) is 29.7 Å². The van der Waals surface area contributed by atoms with E-state index in [9.17, 15) is 13.2 Å². The molecule has 0 radical (unpaired) electrons. The van der Waals surface area contributed by atoms with Gasteiger partial charge in [0.1, 0.15) is 5.75 Å². The number of unbranched alkanes of at least 4 members (excludes halogenated alkanes) is 6. The van der Waals surface area contributed by atoms with E-state index in [2.05, 4.69) is 24.0 Å². The molecule has 0 unspecified atom stereocenters. The number of halogens is 3. The van der Waals surface area contributed by atoms with Gasteiger partial charge in [0.05, 0.1) is 12.2 Å². The Kier molecular flexibility index (Phi) is 9.66. The molecule has 0 bridgehead atoms. The predicted octanol–water partition coefficient (Wildman–Crippen LogP) is 7.79. The second-order valence-corrected chi connectivity index (χ2v) is 7.82. The molecule has 1 heterocycles. The normalized spacial score (nSPS) is 12.9. The van der Waals surface area contributed by atoms with Crippen LogP contribution in [0.25, 0.3) is 11.4 Å². The van der Waals surface area contributed by atoms with Crippen LogP contribution in [0.1, 0.15) is 95.9 Å². The summed E-state index contributed by atoms with van der Waals surface area (Å²) < 4.78 is 51.5.